The van der Waals surface area contributed by atoms with E-state index in [0.717, 1.165) is 23.8 Å². The normalized spacial score (nSPS) is 15.2. The lowest BCUT2D eigenvalue weighted by Gasteiger charge is -2.25. The first-order valence-electron chi connectivity index (χ1n) is 5.64. The first-order valence-corrected chi connectivity index (χ1v) is 5.64. The molecule has 1 aromatic carbocycles. The van der Waals surface area contributed by atoms with Crippen LogP contribution in [-0.2, 0) is 0 Å². The average molecular weight is 219 g/mol. The van der Waals surface area contributed by atoms with Crippen LogP contribution >= 0.6 is 0 Å². The highest BCUT2D eigenvalue weighted by Crippen LogP contribution is 2.26. The van der Waals surface area contributed by atoms with Gasteiger partial charge in [0.2, 0.25) is 0 Å². The van der Waals surface area contributed by atoms with Gasteiger partial charge in [0.25, 0.3) is 0 Å². The third kappa shape index (κ3) is 2.89. The van der Waals surface area contributed by atoms with Gasteiger partial charge in [-0.15, -0.1) is 0 Å². The molecule has 0 unspecified atom stereocenters. The SMILES string of the molecule is NC(=O)Nc1ccc(NCC2CCC2)cc1. The molecule has 4 N–H and O–H groups in total. The lowest BCUT2D eigenvalue weighted by atomic mass is 9.85. The number of hydrogen-bond donors (Lipinski definition) is 3. The van der Waals surface area contributed by atoms with E-state index in [1.165, 1.54) is 19.3 Å². The van der Waals surface area contributed by atoms with E-state index in [2.05, 4.69) is 10.6 Å². The number of urea groups is 1. The Labute approximate surface area is 95.2 Å². The second-order valence-corrected chi connectivity index (χ2v) is 4.24. The maximum Gasteiger partial charge on any atom is 0.316 e. The fraction of sp³-hybridized carbons (Fsp3) is 0.417. The Bertz CT molecular complexity index is 357. The van der Waals surface area contributed by atoms with Gasteiger partial charge in [-0.1, -0.05) is 6.42 Å². The highest BCUT2D eigenvalue weighted by atomic mass is 16.2. The van der Waals surface area contributed by atoms with E-state index < -0.39 is 6.03 Å². The van der Waals surface area contributed by atoms with E-state index >= 15 is 0 Å². The predicted molar refractivity (Wildman–Crippen MR) is 65.5 cm³/mol. The van der Waals surface area contributed by atoms with Crippen molar-refractivity contribution in [2.75, 3.05) is 17.2 Å². The zero-order chi connectivity index (χ0) is 11.4. The molecule has 1 saturated carbocycles. The second-order valence-electron chi connectivity index (χ2n) is 4.24. The van der Waals surface area contributed by atoms with Gasteiger partial charge in [0.1, 0.15) is 0 Å². The number of nitrogens with two attached hydrogens (primary N) is 1. The number of primary amides is 1. The van der Waals surface area contributed by atoms with Crippen molar-refractivity contribution in [2.24, 2.45) is 11.7 Å². The molecule has 86 valence electrons. The average Bonchev–Trinajstić information content (AvgIpc) is 2.17. The van der Waals surface area contributed by atoms with Gasteiger partial charge in [-0.2, -0.15) is 0 Å². The largest absolute Gasteiger partial charge is 0.385 e. The third-order valence-corrected chi connectivity index (χ3v) is 2.97. The molecule has 0 radical (unpaired) electrons. The summed E-state index contributed by atoms with van der Waals surface area (Å²) in [6.07, 6.45) is 4.05. The highest BCUT2D eigenvalue weighted by molar-refractivity contribution is 5.87. The van der Waals surface area contributed by atoms with Gasteiger partial charge in [0.05, 0.1) is 0 Å². The highest BCUT2D eigenvalue weighted by Gasteiger charge is 2.16. The van der Waals surface area contributed by atoms with E-state index in [-0.39, 0.29) is 0 Å². The monoisotopic (exact) mass is 219 g/mol. The Morgan fingerprint density at radius 3 is 2.38 bits per heavy atom. The zero-order valence-corrected chi connectivity index (χ0v) is 9.20. The second kappa shape index (κ2) is 4.88. The Balaban J connectivity index is 1.83. The van der Waals surface area contributed by atoms with E-state index in [1.54, 1.807) is 0 Å². The maximum atomic E-state index is 10.6. The first-order chi connectivity index (χ1) is 7.74. The van der Waals surface area contributed by atoms with Crippen molar-refractivity contribution in [1.82, 2.24) is 0 Å². The zero-order valence-electron chi connectivity index (χ0n) is 9.20. The molecular formula is C12H17N3O. The molecule has 0 saturated heterocycles. The van der Waals surface area contributed by atoms with Gasteiger partial charge in [-0.25, -0.2) is 4.79 Å². The van der Waals surface area contributed by atoms with Crippen LogP contribution in [0.3, 0.4) is 0 Å². The molecule has 1 aliphatic carbocycles. The van der Waals surface area contributed by atoms with E-state index in [4.69, 9.17) is 5.73 Å². The van der Waals surface area contributed by atoms with Crippen molar-refractivity contribution in [2.45, 2.75) is 19.3 Å². The van der Waals surface area contributed by atoms with Crippen LogP contribution < -0.4 is 16.4 Å². The van der Waals surface area contributed by atoms with Crippen LogP contribution in [0.2, 0.25) is 0 Å². The van der Waals surface area contributed by atoms with Crippen molar-refractivity contribution >= 4 is 17.4 Å². The number of carbonyl (C=O) groups is 1. The number of carbonyl (C=O) groups excluding carboxylic acids is 1. The van der Waals surface area contributed by atoms with Crippen molar-refractivity contribution in [3.8, 4) is 0 Å². The Morgan fingerprint density at radius 2 is 1.88 bits per heavy atom. The molecule has 0 atom stereocenters. The first kappa shape index (κ1) is 10.8. The van der Waals surface area contributed by atoms with Crippen molar-refractivity contribution in [3.05, 3.63) is 24.3 Å². The van der Waals surface area contributed by atoms with Crippen molar-refractivity contribution in [1.29, 1.82) is 0 Å². The van der Waals surface area contributed by atoms with Gasteiger partial charge in [-0.05, 0) is 43.0 Å². The molecule has 0 heterocycles. The summed E-state index contributed by atoms with van der Waals surface area (Å²) in [5.41, 5.74) is 6.83. The molecule has 16 heavy (non-hydrogen) atoms. The van der Waals surface area contributed by atoms with E-state index in [1.807, 2.05) is 24.3 Å². The van der Waals surface area contributed by atoms with Gasteiger partial charge in [0.15, 0.2) is 0 Å². The molecule has 0 aliphatic heterocycles. The molecule has 4 heteroatoms. The minimum atomic E-state index is -0.532. The maximum absolute atomic E-state index is 10.6. The summed E-state index contributed by atoms with van der Waals surface area (Å²) in [4.78, 5) is 10.6. The minimum absolute atomic E-state index is 0.532. The minimum Gasteiger partial charge on any atom is -0.385 e. The van der Waals surface area contributed by atoms with Crippen LogP contribution in [0.1, 0.15) is 19.3 Å². The summed E-state index contributed by atoms with van der Waals surface area (Å²) >= 11 is 0. The number of benzene rings is 1. The van der Waals surface area contributed by atoms with E-state index in [0.29, 0.717) is 0 Å². The van der Waals surface area contributed by atoms with Crippen LogP contribution in [0.5, 0.6) is 0 Å². The Hall–Kier alpha value is -1.71. The summed E-state index contributed by atoms with van der Waals surface area (Å²) in [6, 6.07) is 7.05. The smallest absolute Gasteiger partial charge is 0.316 e. The predicted octanol–water partition coefficient (Wildman–Crippen LogP) is 2.39. The summed E-state index contributed by atoms with van der Waals surface area (Å²) < 4.78 is 0. The number of anilines is 2. The molecular weight excluding hydrogens is 202 g/mol. The lowest BCUT2D eigenvalue weighted by molar-refractivity contribution is 0.259. The molecule has 2 rings (SSSR count). The molecule has 4 nitrogen and oxygen atoms in total. The van der Waals surface area contributed by atoms with Gasteiger partial charge in [0, 0.05) is 17.9 Å². The van der Waals surface area contributed by atoms with Gasteiger partial charge in [-0.3, -0.25) is 0 Å². The van der Waals surface area contributed by atoms with Crippen LogP contribution in [0.25, 0.3) is 0 Å². The molecule has 2 amide bonds. The quantitative estimate of drug-likeness (QED) is 0.727. The fourth-order valence-corrected chi connectivity index (χ4v) is 1.77. The number of hydrogen-bond acceptors (Lipinski definition) is 2. The van der Waals surface area contributed by atoms with Crippen LogP contribution in [-0.4, -0.2) is 12.6 Å². The molecule has 1 aromatic rings. The topological polar surface area (TPSA) is 67.2 Å². The van der Waals surface area contributed by atoms with Crippen molar-refractivity contribution < 1.29 is 4.79 Å². The number of rotatable bonds is 4. The summed E-state index contributed by atoms with van der Waals surface area (Å²) in [7, 11) is 0. The lowest BCUT2D eigenvalue weighted by Crippen LogP contribution is -2.21. The summed E-state index contributed by atoms with van der Waals surface area (Å²) in [6.45, 7) is 1.04. The van der Waals surface area contributed by atoms with Gasteiger partial charge >= 0.3 is 6.03 Å². The van der Waals surface area contributed by atoms with Gasteiger partial charge < -0.3 is 16.4 Å². The molecule has 1 fully saturated rings. The van der Waals surface area contributed by atoms with Crippen LogP contribution in [0.15, 0.2) is 24.3 Å². The summed E-state index contributed by atoms with van der Waals surface area (Å²) in [5, 5.41) is 5.91. The Kier molecular flexibility index (Phi) is 3.29. The fourth-order valence-electron chi connectivity index (χ4n) is 1.77. The van der Waals surface area contributed by atoms with Crippen LogP contribution in [0.4, 0.5) is 16.2 Å². The molecule has 0 aromatic heterocycles. The molecule has 0 bridgehead atoms. The van der Waals surface area contributed by atoms with Crippen molar-refractivity contribution in [3.63, 3.8) is 0 Å². The number of amides is 2. The standard InChI is InChI=1S/C12H17N3O/c13-12(16)15-11-6-4-10(5-7-11)14-8-9-2-1-3-9/h4-7,9,14H,1-3,8H2,(H3,13,15,16). The summed E-state index contributed by atoms with van der Waals surface area (Å²) in [5.74, 6) is 0.837. The molecule has 1 aliphatic rings. The third-order valence-electron chi connectivity index (χ3n) is 2.97. The molecule has 0 spiro atoms. The number of nitrogens with one attached hydrogen (secondary N) is 2. The van der Waals surface area contributed by atoms with Crippen LogP contribution in [0, 0.1) is 5.92 Å². The Morgan fingerprint density at radius 1 is 1.25 bits per heavy atom. The van der Waals surface area contributed by atoms with E-state index in [9.17, 15) is 4.79 Å².